The Kier molecular flexibility index (Phi) is 4.61. The Balaban J connectivity index is 2.24. The zero-order valence-corrected chi connectivity index (χ0v) is 11.3. The highest BCUT2D eigenvalue weighted by molar-refractivity contribution is 5.43. The van der Waals surface area contributed by atoms with Gasteiger partial charge in [0.1, 0.15) is 5.75 Å². The van der Waals surface area contributed by atoms with Crippen molar-refractivity contribution in [2.45, 2.75) is 45.2 Å². The van der Waals surface area contributed by atoms with Crippen LogP contribution in [0.1, 0.15) is 43.4 Å². The summed E-state index contributed by atoms with van der Waals surface area (Å²) in [5, 5.41) is 12.9. The first-order chi connectivity index (χ1) is 8.76. The summed E-state index contributed by atoms with van der Waals surface area (Å²) in [6.45, 7) is 5.16. The summed E-state index contributed by atoms with van der Waals surface area (Å²) in [6, 6.07) is 6.76. The van der Waals surface area contributed by atoms with Gasteiger partial charge in [0.05, 0.1) is 13.2 Å². The quantitative estimate of drug-likeness (QED) is 0.861. The van der Waals surface area contributed by atoms with Crippen LogP contribution in [-0.2, 0) is 0 Å². The Morgan fingerprint density at radius 2 is 2.33 bits per heavy atom. The van der Waals surface area contributed by atoms with Crippen LogP contribution in [0.5, 0.6) is 5.75 Å². The average molecular weight is 249 g/mol. The van der Waals surface area contributed by atoms with E-state index in [1.54, 1.807) is 0 Å². The van der Waals surface area contributed by atoms with Crippen molar-refractivity contribution in [1.82, 2.24) is 5.32 Å². The van der Waals surface area contributed by atoms with E-state index < -0.39 is 0 Å². The van der Waals surface area contributed by atoms with E-state index in [1.165, 1.54) is 11.1 Å². The molecule has 0 fully saturated rings. The molecule has 1 aromatic rings. The Hall–Kier alpha value is -1.06. The van der Waals surface area contributed by atoms with Crippen LogP contribution in [0.25, 0.3) is 0 Å². The Bertz CT molecular complexity index is 388. The van der Waals surface area contributed by atoms with Crippen LogP contribution in [-0.4, -0.2) is 24.4 Å². The van der Waals surface area contributed by atoms with Gasteiger partial charge in [-0.1, -0.05) is 25.1 Å². The predicted octanol–water partition coefficient (Wildman–Crippen LogP) is 2.57. The van der Waals surface area contributed by atoms with Crippen molar-refractivity contribution < 1.29 is 9.84 Å². The minimum atomic E-state index is 0.168. The molecule has 1 aliphatic heterocycles. The Labute approximate surface area is 109 Å². The van der Waals surface area contributed by atoms with E-state index in [1.807, 2.05) is 0 Å². The molecule has 1 heterocycles. The molecule has 0 bridgehead atoms. The fourth-order valence-corrected chi connectivity index (χ4v) is 2.52. The number of fused-ring (bicyclic) bond motifs is 1. The fourth-order valence-electron chi connectivity index (χ4n) is 2.52. The summed E-state index contributed by atoms with van der Waals surface area (Å²) in [5.74, 6) is 1.03. The largest absolute Gasteiger partial charge is 0.493 e. The lowest BCUT2D eigenvalue weighted by Gasteiger charge is -2.24. The molecule has 0 amide bonds. The molecule has 1 aliphatic rings. The summed E-state index contributed by atoms with van der Waals surface area (Å²) >= 11 is 0. The number of hydrogen-bond acceptors (Lipinski definition) is 3. The molecule has 0 radical (unpaired) electrons. The predicted molar refractivity (Wildman–Crippen MR) is 72.9 cm³/mol. The maximum absolute atomic E-state index is 9.34. The zero-order chi connectivity index (χ0) is 13.0. The summed E-state index contributed by atoms with van der Waals surface area (Å²) in [5.41, 5.74) is 2.43. The van der Waals surface area contributed by atoms with Gasteiger partial charge >= 0.3 is 0 Å². The molecule has 0 saturated carbocycles. The van der Waals surface area contributed by atoms with E-state index in [9.17, 15) is 5.11 Å². The number of hydrogen-bond donors (Lipinski definition) is 2. The maximum Gasteiger partial charge on any atom is 0.126 e. The lowest BCUT2D eigenvalue weighted by atomic mass is 9.98. The smallest absolute Gasteiger partial charge is 0.126 e. The zero-order valence-electron chi connectivity index (χ0n) is 11.3. The van der Waals surface area contributed by atoms with Crippen LogP contribution in [0.15, 0.2) is 18.2 Å². The second kappa shape index (κ2) is 6.21. The van der Waals surface area contributed by atoms with Crippen molar-refractivity contribution in [1.29, 1.82) is 0 Å². The third-order valence-electron chi connectivity index (χ3n) is 3.65. The number of ether oxygens (including phenoxy) is 1. The third-order valence-corrected chi connectivity index (χ3v) is 3.65. The number of nitrogens with one attached hydrogen (secondary N) is 1. The summed E-state index contributed by atoms with van der Waals surface area (Å²) in [4.78, 5) is 0. The van der Waals surface area contributed by atoms with Gasteiger partial charge in [-0.25, -0.2) is 0 Å². The molecular weight excluding hydrogens is 226 g/mol. The number of aliphatic hydroxyl groups excluding tert-OH is 1. The summed E-state index contributed by atoms with van der Waals surface area (Å²) < 4.78 is 5.86. The highest BCUT2D eigenvalue weighted by atomic mass is 16.5. The van der Waals surface area contributed by atoms with Gasteiger partial charge in [0, 0.05) is 17.6 Å². The van der Waals surface area contributed by atoms with E-state index in [-0.39, 0.29) is 12.6 Å². The summed E-state index contributed by atoms with van der Waals surface area (Å²) in [7, 11) is 0. The standard InChI is InChI=1S/C15H23NO2/c1-3-12(10-17)16-14-8-5-9-18-15-11(2)6-4-7-13(14)15/h4,6-7,12,14,16-17H,3,5,8-10H2,1-2H3/t12-,14?/m1/s1. The van der Waals surface area contributed by atoms with E-state index in [0.717, 1.165) is 31.6 Å². The van der Waals surface area contributed by atoms with Crippen molar-refractivity contribution in [3.8, 4) is 5.75 Å². The molecule has 0 aromatic heterocycles. The normalized spacial score (nSPS) is 20.7. The van der Waals surface area contributed by atoms with Gasteiger partial charge < -0.3 is 15.2 Å². The number of aliphatic hydroxyl groups is 1. The molecule has 3 heteroatoms. The monoisotopic (exact) mass is 249 g/mol. The minimum Gasteiger partial charge on any atom is -0.493 e. The molecule has 0 saturated heterocycles. The topological polar surface area (TPSA) is 41.5 Å². The second-order valence-corrected chi connectivity index (χ2v) is 4.99. The van der Waals surface area contributed by atoms with Gasteiger partial charge in [0.25, 0.3) is 0 Å². The van der Waals surface area contributed by atoms with E-state index in [4.69, 9.17) is 4.74 Å². The van der Waals surface area contributed by atoms with Crippen LogP contribution in [0, 0.1) is 6.92 Å². The van der Waals surface area contributed by atoms with Gasteiger partial charge in [0.2, 0.25) is 0 Å². The number of benzene rings is 1. The highest BCUT2D eigenvalue weighted by Crippen LogP contribution is 2.34. The van der Waals surface area contributed by atoms with Gasteiger partial charge in [-0.3, -0.25) is 0 Å². The molecule has 0 aliphatic carbocycles. The molecule has 100 valence electrons. The van der Waals surface area contributed by atoms with Crippen LogP contribution >= 0.6 is 0 Å². The molecule has 3 nitrogen and oxygen atoms in total. The van der Waals surface area contributed by atoms with Gasteiger partial charge in [-0.2, -0.15) is 0 Å². The van der Waals surface area contributed by atoms with E-state index >= 15 is 0 Å². The van der Waals surface area contributed by atoms with E-state index in [2.05, 4.69) is 37.4 Å². The Morgan fingerprint density at radius 1 is 1.50 bits per heavy atom. The molecule has 2 rings (SSSR count). The first-order valence-corrected chi connectivity index (χ1v) is 6.85. The Morgan fingerprint density at radius 3 is 3.06 bits per heavy atom. The highest BCUT2D eigenvalue weighted by Gasteiger charge is 2.22. The van der Waals surface area contributed by atoms with Crippen LogP contribution in [0.2, 0.25) is 0 Å². The fraction of sp³-hybridized carbons (Fsp3) is 0.600. The molecule has 2 atom stereocenters. The molecule has 0 spiro atoms. The van der Waals surface area contributed by atoms with Crippen molar-refractivity contribution in [2.24, 2.45) is 0 Å². The third kappa shape index (κ3) is 2.85. The SMILES string of the molecule is CC[C@H](CO)NC1CCCOc2c(C)cccc21. The van der Waals surface area contributed by atoms with Crippen molar-refractivity contribution >= 4 is 0 Å². The van der Waals surface area contributed by atoms with Crippen LogP contribution in [0.4, 0.5) is 0 Å². The van der Waals surface area contributed by atoms with Crippen molar-refractivity contribution in [3.63, 3.8) is 0 Å². The summed E-state index contributed by atoms with van der Waals surface area (Å²) in [6.07, 6.45) is 3.05. The van der Waals surface area contributed by atoms with Gasteiger partial charge in [-0.15, -0.1) is 0 Å². The molecule has 18 heavy (non-hydrogen) atoms. The first-order valence-electron chi connectivity index (χ1n) is 6.85. The van der Waals surface area contributed by atoms with Crippen LogP contribution < -0.4 is 10.1 Å². The van der Waals surface area contributed by atoms with Gasteiger partial charge in [-0.05, 0) is 31.7 Å². The maximum atomic E-state index is 9.34. The lowest BCUT2D eigenvalue weighted by molar-refractivity contribution is 0.225. The van der Waals surface area contributed by atoms with E-state index in [0.29, 0.717) is 6.04 Å². The molecule has 2 N–H and O–H groups in total. The molecule has 1 unspecified atom stereocenters. The minimum absolute atomic E-state index is 0.168. The average Bonchev–Trinajstić information content (AvgIpc) is 2.59. The molecule has 1 aromatic carbocycles. The number of rotatable bonds is 4. The second-order valence-electron chi connectivity index (χ2n) is 4.99. The molecular formula is C15H23NO2. The first kappa shape index (κ1) is 13.4. The van der Waals surface area contributed by atoms with Crippen molar-refractivity contribution in [2.75, 3.05) is 13.2 Å². The van der Waals surface area contributed by atoms with Gasteiger partial charge in [0.15, 0.2) is 0 Å². The van der Waals surface area contributed by atoms with Crippen molar-refractivity contribution in [3.05, 3.63) is 29.3 Å². The number of aryl methyl sites for hydroxylation is 1. The lowest BCUT2D eigenvalue weighted by Crippen LogP contribution is -2.35. The van der Waals surface area contributed by atoms with Crippen LogP contribution in [0.3, 0.4) is 0 Å². The number of para-hydroxylation sites is 1.